The quantitative estimate of drug-likeness (QED) is 0.742. The highest BCUT2D eigenvalue weighted by atomic mass is 35.5. The van der Waals surface area contributed by atoms with Crippen molar-refractivity contribution < 1.29 is 4.74 Å². The Morgan fingerprint density at radius 3 is 2.47 bits per heavy atom. The van der Waals surface area contributed by atoms with Crippen molar-refractivity contribution in [3.8, 4) is 5.75 Å². The largest absolute Gasteiger partial charge is 0.492 e. The normalized spacial score (nSPS) is 11.7. The van der Waals surface area contributed by atoms with Gasteiger partial charge in [0.25, 0.3) is 0 Å². The molecular weight excluding hydrogens is 281 g/mol. The van der Waals surface area contributed by atoms with Gasteiger partial charge in [-0.25, -0.2) is 0 Å². The van der Waals surface area contributed by atoms with Crippen LogP contribution in [0.4, 0.5) is 0 Å². The van der Waals surface area contributed by atoms with Crippen LogP contribution in [0.2, 0.25) is 10.0 Å². The molecule has 19 heavy (non-hydrogen) atoms. The second-order valence-corrected chi connectivity index (χ2v) is 6.53. The van der Waals surface area contributed by atoms with Crippen LogP contribution in [0.3, 0.4) is 0 Å². The number of nitrogens with one attached hydrogen (secondary N) is 1. The maximum atomic E-state index is 6.23. The SMILES string of the molecule is CCCCOc1c(Cl)cc(Cl)cc1CNC(C)(C)C. The fourth-order valence-electron chi connectivity index (χ4n) is 1.59. The van der Waals surface area contributed by atoms with Crippen molar-refractivity contribution in [1.29, 1.82) is 0 Å². The highest BCUT2D eigenvalue weighted by Crippen LogP contribution is 2.32. The van der Waals surface area contributed by atoms with Gasteiger partial charge in [0.05, 0.1) is 11.6 Å². The zero-order chi connectivity index (χ0) is 14.5. The lowest BCUT2D eigenvalue weighted by Crippen LogP contribution is -2.35. The summed E-state index contributed by atoms with van der Waals surface area (Å²) >= 11 is 12.3. The van der Waals surface area contributed by atoms with Crippen LogP contribution >= 0.6 is 23.2 Å². The van der Waals surface area contributed by atoms with Crippen molar-refractivity contribution in [1.82, 2.24) is 5.32 Å². The number of unbranched alkanes of at least 4 members (excludes halogenated alkanes) is 1. The molecule has 0 spiro atoms. The van der Waals surface area contributed by atoms with E-state index in [1.165, 1.54) is 0 Å². The Kier molecular flexibility index (Phi) is 6.45. The van der Waals surface area contributed by atoms with E-state index in [4.69, 9.17) is 27.9 Å². The minimum Gasteiger partial charge on any atom is -0.492 e. The van der Waals surface area contributed by atoms with Crippen LogP contribution in [-0.4, -0.2) is 12.1 Å². The van der Waals surface area contributed by atoms with E-state index in [9.17, 15) is 0 Å². The Labute approximate surface area is 126 Å². The molecule has 0 saturated carbocycles. The van der Waals surface area contributed by atoms with Gasteiger partial charge in [0.2, 0.25) is 0 Å². The molecule has 1 rings (SSSR count). The first-order chi connectivity index (χ1) is 8.83. The van der Waals surface area contributed by atoms with E-state index in [-0.39, 0.29) is 5.54 Å². The van der Waals surface area contributed by atoms with Gasteiger partial charge in [0, 0.05) is 22.7 Å². The molecule has 0 unspecified atom stereocenters. The molecule has 0 amide bonds. The molecule has 0 bridgehead atoms. The average molecular weight is 304 g/mol. The number of benzene rings is 1. The molecule has 108 valence electrons. The van der Waals surface area contributed by atoms with Gasteiger partial charge in [0.15, 0.2) is 0 Å². The molecule has 0 aliphatic carbocycles. The van der Waals surface area contributed by atoms with E-state index in [2.05, 4.69) is 33.0 Å². The van der Waals surface area contributed by atoms with E-state index >= 15 is 0 Å². The molecule has 2 nitrogen and oxygen atoms in total. The molecular formula is C15H23Cl2NO. The summed E-state index contributed by atoms with van der Waals surface area (Å²) in [5.41, 5.74) is 1.04. The Balaban J connectivity index is 2.86. The molecule has 1 aromatic rings. The fraction of sp³-hybridized carbons (Fsp3) is 0.600. The topological polar surface area (TPSA) is 21.3 Å². The minimum absolute atomic E-state index is 0.0372. The van der Waals surface area contributed by atoms with E-state index in [0.29, 0.717) is 23.2 Å². The van der Waals surface area contributed by atoms with Crippen molar-refractivity contribution >= 4 is 23.2 Å². The average Bonchev–Trinajstić information content (AvgIpc) is 2.28. The molecule has 0 fully saturated rings. The molecule has 1 aromatic carbocycles. The first-order valence-electron chi connectivity index (χ1n) is 6.69. The summed E-state index contributed by atoms with van der Waals surface area (Å²) in [6.07, 6.45) is 2.12. The first kappa shape index (κ1) is 16.6. The third-order valence-corrected chi connectivity index (χ3v) is 3.14. The third-order valence-electron chi connectivity index (χ3n) is 2.64. The second-order valence-electron chi connectivity index (χ2n) is 5.68. The number of halogens is 2. The van der Waals surface area contributed by atoms with E-state index in [1.54, 1.807) is 6.07 Å². The smallest absolute Gasteiger partial charge is 0.142 e. The van der Waals surface area contributed by atoms with Gasteiger partial charge >= 0.3 is 0 Å². The Bertz CT molecular complexity index is 413. The zero-order valence-electron chi connectivity index (χ0n) is 12.1. The summed E-state index contributed by atoms with van der Waals surface area (Å²) in [4.78, 5) is 0. The van der Waals surface area contributed by atoms with Gasteiger partial charge in [0.1, 0.15) is 5.75 Å². The van der Waals surface area contributed by atoms with E-state index < -0.39 is 0 Å². The standard InChI is InChI=1S/C15H23Cl2NO/c1-5-6-7-19-14-11(10-18-15(2,3)4)8-12(16)9-13(14)17/h8-9,18H,5-7,10H2,1-4H3. The summed E-state index contributed by atoms with van der Waals surface area (Å²) in [7, 11) is 0. The van der Waals surface area contributed by atoms with E-state index in [0.717, 1.165) is 24.2 Å². The molecule has 4 heteroatoms. The second kappa shape index (κ2) is 7.37. The molecule has 0 heterocycles. The fourth-order valence-corrected chi connectivity index (χ4v) is 2.18. The number of hydrogen-bond donors (Lipinski definition) is 1. The number of rotatable bonds is 6. The predicted octanol–water partition coefficient (Wildman–Crippen LogP) is 5.06. The van der Waals surface area contributed by atoms with Gasteiger partial charge in [-0.05, 0) is 39.3 Å². The Morgan fingerprint density at radius 2 is 1.89 bits per heavy atom. The highest BCUT2D eigenvalue weighted by molar-refractivity contribution is 6.35. The van der Waals surface area contributed by atoms with Crippen molar-refractivity contribution in [2.24, 2.45) is 0 Å². The maximum Gasteiger partial charge on any atom is 0.142 e. The van der Waals surface area contributed by atoms with Gasteiger partial charge in [-0.2, -0.15) is 0 Å². The van der Waals surface area contributed by atoms with Gasteiger partial charge in [-0.1, -0.05) is 36.5 Å². The molecule has 0 aromatic heterocycles. The minimum atomic E-state index is 0.0372. The summed E-state index contributed by atoms with van der Waals surface area (Å²) in [6.45, 7) is 9.87. The molecule has 0 radical (unpaired) electrons. The molecule has 0 aliphatic rings. The van der Waals surface area contributed by atoms with Crippen LogP contribution in [0.1, 0.15) is 46.1 Å². The zero-order valence-corrected chi connectivity index (χ0v) is 13.7. The number of ether oxygens (including phenoxy) is 1. The van der Waals surface area contributed by atoms with Gasteiger partial charge in [-0.3, -0.25) is 0 Å². The van der Waals surface area contributed by atoms with Crippen LogP contribution in [-0.2, 0) is 6.54 Å². The van der Waals surface area contributed by atoms with Crippen molar-refractivity contribution in [2.45, 2.75) is 52.6 Å². The lowest BCUT2D eigenvalue weighted by atomic mass is 10.1. The molecule has 0 atom stereocenters. The predicted molar refractivity (Wildman–Crippen MR) is 83.5 cm³/mol. The van der Waals surface area contributed by atoms with Crippen LogP contribution in [0, 0.1) is 0 Å². The van der Waals surface area contributed by atoms with Crippen molar-refractivity contribution in [3.05, 3.63) is 27.7 Å². The summed E-state index contributed by atoms with van der Waals surface area (Å²) < 4.78 is 5.80. The van der Waals surface area contributed by atoms with Crippen LogP contribution in [0.25, 0.3) is 0 Å². The molecule has 1 N–H and O–H groups in total. The molecule has 0 aliphatic heterocycles. The Morgan fingerprint density at radius 1 is 1.21 bits per heavy atom. The van der Waals surface area contributed by atoms with E-state index in [1.807, 2.05) is 6.07 Å². The van der Waals surface area contributed by atoms with Crippen LogP contribution < -0.4 is 10.1 Å². The summed E-state index contributed by atoms with van der Waals surface area (Å²) in [5, 5.41) is 4.64. The molecule has 0 saturated heterocycles. The first-order valence-corrected chi connectivity index (χ1v) is 7.45. The van der Waals surface area contributed by atoms with Crippen molar-refractivity contribution in [3.63, 3.8) is 0 Å². The van der Waals surface area contributed by atoms with Gasteiger partial charge < -0.3 is 10.1 Å². The third kappa shape index (κ3) is 6.03. The lowest BCUT2D eigenvalue weighted by molar-refractivity contribution is 0.304. The summed E-state index contributed by atoms with van der Waals surface area (Å²) in [6, 6.07) is 3.64. The monoisotopic (exact) mass is 303 g/mol. The Hall–Kier alpha value is -0.440. The number of hydrogen-bond acceptors (Lipinski definition) is 2. The highest BCUT2D eigenvalue weighted by Gasteiger charge is 2.14. The van der Waals surface area contributed by atoms with Gasteiger partial charge in [-0.15, -0.1) is 0 Å². The van der Waals surface area contributed by atoms with Crippen molar-refractivity contribution in [2.75, 3.05) is 6.61 Å². The lowest BCUT2D eigenvalue weighted by Gasteiger charge is -2.22. The van der Waals surface area contributed by atoms with Crippen LogP contribution in [0.15, 0.2) is 12.1 Å². The maximum absolute atomic E-state index is 6.23. The summed E-state index contributed by atoms with van der Waals surface area (Å²) in [5.74, 6) is 0.747. The van der Waals surface area contributed by atoms with Crippen LogP contribution in [0.5, 0.6) is 5.75 Å².